The number of carboxylic acids is 1. The van der Waals surface area contributed by atoms with Crippen LogP contribution in [-0.2, 0) is 9.59 Å². The lowest BCUT2D eigenvalue weighted by Crippen LogP contribution is -2.26. The third-order valence-electron chi connectivity index (χ3n) is 3.79. The summed E-state index contributed by atoms with van der Waals surface area (Å²) in [5.74, 6) is -1.85. The summed E-state index contributed by atoms with van der Waals surface area (Å²) in [6, 6.07) is 12.3. The van der Waals surface area contributed by atoms with Crippen molar-refractivity contribution < 1.29 is 19.1 Å². The van der Waals surface area contributed by atoms with Crippen LogP contribution >= 0.6 is 0 Å². The maximum Gasteiger partial charge on any atom is 0.303 e. The summed E-state index contributed by atoms with van der Waals surface area (Å²) in [6.45, 7) is 0. The Morgan fingerprint density at radius 1 is 1.12 bits per heavy atom. The number of hydrogen-bond acceptors (Lipinski definition) is 3. The lowest BCUT2D eigenvalue weighted by Gasteiger charge is -2.10. The van der Waals surface area contributed by atoms with Crippen molar-refractivity contribution in [3.63, 3.8) is 0 Å². The van der Waals surface area contributed by atoms with Gasteiger partial charge in [-0.2, -0.15) is 0 Å². The molecular weight excluding hydrogens is 311 g/mol. The SMILES string of the molecule is O=C(O)CC[C@@H]1N=C(c2ccccc2F)c2ccccc2NC1=O. The number of benzodiazepines with no additional fused rings is 1. The lowest BCUT2D eigenvalue weighted by atomic mass is 10.00. The molecule has 0 aromatic heterocycles. The molecule has 122 valence electrons. The van der Waals surface area contributed by atoms with E-state index in [1.807, 2.05) is 0 Å². The number of aliphatic carboxylic acids is 1. The minimum absolute atomic E-state index is 0.0487. The number of carbonyl (C=O) groups is 2. The van der Waals surface area contributed by atoms with Gasteiger partial charge in [0.05, 0.1) is 11.4 Å². The van der Waals surface area contributed by atoms with E-state index in [2.05, 4.69) is 10.3 Å². The molecule has 1 aliphatic heterocycles. The highest BCUT2D eigenvalue weighted by Gasteiger charge is 2.27. The van der Waals surface area contributed by atoms with Crippen molar-refractivity contribution in [1.82, 2.24) is 0 Å². The number of rotatable bonds is 4. The first-order valence-electron chi connectivity index (χ1n) is 7.51. The van der Waals surface area contributed by atoms with Crippen LogP contribution in [0.2, 0.25) is 0 Å². The quantitative estimate of drug-likeness (QED) is 0.907. The second-order valence-electron chi connectivity index (χ2n) is 5.44. The van der Waals surface area contributed by atoms with Crippen LogP contribution in [0.25, 0.3) is 0 Å². The molecular formula is C18H15FN2O3. The molecule has 0 radical (unpaired) electrons. The molecule has 0 spiro atoms. The number of amides is 1. The molecule has 5 nitrogen and oxygen atoms in total. The fourth-order valence-electron chi connectivity index (χ4n) is 2.62. The Morgan fingerprint density at radius 3 is 2.50 bits per heavy atom. The Balaban J connectivity index is 2.12. The number of para-hydroxylation sites is 1. The minimum Gasteiger partial charge on any atom is -0.481 e. The molecule has 6 heteroatoms. The summed E-state index contributed by atoms with van der Waals surface area (Å²) in [4.78, 5) is 27.6. The highest BCUT2D eigenvalue weighted by Crippen LogP contribution is 2.26. The Morgan fingerprint density at radius 2 is 1.79 bits per heavy atom. The second-order valence-corrected chi connectivity index (χ2v) is 5.44. The number of aliphatic imine (C=N–C) groups is 1. The van der Waals surface area contributed by atoms with Crippen LogP contribution in [0.4, 0.5) is 10.1 Å². The lowest BCUT2D eigenvalue weighted by molar-refractivity contribution is -0.137. The van der Waals surface area contributed by atoms with Gasteiger partial charge in [0.25, 0.3) is 0 Å². The molecule has 2 aromatic rings. The number of fused-ring (bicyclic) bond motifs is 1. The Bertz CT molecular complexity index is 833. The van der Waals surface area contributed by atoms with Gasteiger partial charge in [0.15, 0.2) is 0 Å². The zero-order valence-corrected chi connectivity index (χ0v) is 12.7. The van der Waals surface area contributed by atoms with Crippen LogP contribution in [0.15, 0.2) is 53.5 Å². The summed E-state index contributed by atoms with van der Waals surface area (Å²) >= 11 is 0. The minimum atomic E-state index is -1.01. The van der Waals surface area contributed by atoms with Gasteiger partial charge in [-0.05, 0) is 24.6 Å². The van der Waals surface area contributed by atoms with Gasteiger partial charge in [-0.3, -0.25) is 14.6 Å². The van der Waals surface area contributed by atoms with Gasteiger partial charge < -0.3 is 10.4 Å². The number of hydrogen-bond donors (Lipinski definition) is 2. The molecule has 0 unspecified atom stereocenters. The maximum atomic E-state index is 14.3. The number of nitrogens with one attached hydrogen (secondary N) is 1. The second kappa shape index (κ2) is 6.62. The Kier molecular flexibility index (Phi) is 4.37. The van der Waals surface area contributed by atoms with Crippen molar-refractivity contribution in [2.24, 2.45) is 4.99 Å². The zero-order valence-electron chi connectivity index (χ0n) is 12.7. The van der Waals surface area contributed by atoms with E-state index in [1.54, 1.807) is 42.5 Å². The molecule has 1 aliphatic rings. The Labute approximate surface area is 137 Å². The molecule has 2 aromatic carbocycles. The van der Waals surface area contributed by atoms with E-state index in [-0.39, 0.29) is 18.4 Å². The number of carbonyl (C=O) groups excluding carboxylic acids is 1. The van der Waals surface area contributed by atoms with E-state index >= 15 is 0 Å². The first-order valence-corrected chi connectivity index (χ1v) is 7.51. The highest BCUT2D eigenvalue weighted by atomic mass is 19.1. The van der Waals surface area contributed by atoms with Gasteiger partial charge in [0.2, 0.25) is 5.91 Å². The predicted molar refractivity (Wildman–Crippen MR) is 87.8 cm³/mol. The molecule has 0 saturated heterocycles. The van der Waals surface area contributed by atoms with E-state index in [4.69, 9.17) is 5.11 Å². The number of nitrogens with zero attached hydrogens (tertiary/aromatic N) is 1. The van der Waals surface area contributed by atoms with Crippen LogP contribution < -0.4 is 5.32 Å². The normalized spacial score (nSPS) is 16.6. The smallest absolute Gasteiger partial charge is 0.303 e. The van der Waals surface area contributed by atoms with E-state index in [0.717, 1.165) is 0 Å². The molecule has 0 fully saturated rings. The van der Waals surface area contributed by atoms with Crippen LogP contribution in [-0.4, -0.2) is 28.7 Å². The predicted octanol–water partition coefficient (Wildman–Crippen LogP) is 2.85. The van der Waals surface area contributed by atoms with E-state index in [1.165, 1.54) is 6.07 Å². The van der Waals surface area contributed by atoms with Gasteiger partial charge in [0.1, 0.15) is 11.9 Å². The molecule has 0 saturated carbocycles. The third kappa shape index (κ3) is 3.17. The van der Waals surface area contributed by atoms with Crippen LogP contribution in [0.1, 0.15) is 24.0 Å². The van der Waals surface area contributed by atoms with Crippen LogP contribution in [0, 0.1) is 5.82 Å². The largest absolute Gasteiger partial charge is 0.481 e. The summed E-state index contributed by atoms with van der Waals surface area (Å²) in [7, 11) is 0. The molecule has 2 N–H and O–H groups in total. The van der Waals surface area contributed by atoms with Crippen LogP contribution in [0.5, 0.6) is 0 Å². The summed E-state index contributed by atoms with van der Waals surface area (Å²) < 4.78 is 14.3. The average molecular weight is 326 g/mol. The highest BCUT2D eigenvalue weighted by molar-refractivity contribution is 6.19. The van der Waals surface area contributed by atoms with E-state index in [9.17, 15) is 14.0 Å². The summed E-state index contributed by atoms with van der Waals surface area (Å²) in [6.07, 6.45) is -0.143. The molecule has 0 bridgehead atoms. The zero-order chi connectivity index (χ0) is 17.1. The van der Waals surface area contributed by atoms with Gasteiger partial charge in [-0.1, -0.05) is 30.3 Å². The van der Waals surface area contributed by atoms with Gasteiger partial charge in [-0.15, -0.1) is 0 Å². The first-order chi connectivity index (χ1) is 11.6. The van der Waals surface area contributed by atoms with Crippen molar-refractivity contribution in [2.45, 2.75) is 18.9 Å². The van der Waals surface area contributed by atoms with Crippen LogP contribution in [0.3, 0.4) is 0 Å². The fraction of sp³-hybridized carbons (Fsp3) is 0.167. The maximum absolute atomic E-state index is 14.3. The number of benzene rings is 2. The van der Waals surface area contributed by atoms with Crippen molar-refractivity contribution in [2.75, 3.05) is 5.32 Å². The molecule has 1 atom stereocenters. The number of carboxylic acid groups (broad SMARTS) is 1. The average Bonchev–Trinajstić information content (AvgIpc) is 2.70. The molecule has 3 rings (SSSR count). The first kappa shape index (κ1) is 15.9. The summed E-state index contributed by atoms with van der Waals surface area (Å²) in [5, 5.41) is 11.6. The van der Waals surface area contributed by atoms with Crippen molar-refractivity contribution >= 4 is 23.3 Å². The van der Waals surface area contributed by atoms with Gasteiger partial charge in [-0.25, -0.2) is 4.39 Å². The Hall–Kier alpha value is -3.02. The number of anilines is 1. The van der Waals surface area contributed by atoms with Crippen molar-refractivity contribution in [1.29, 1.82) is 0 Å². The van der Waals surface area contributed by atoms with Crippen molar-refractivity contribution in [3.05, 3.63) is 65.5 Å². The van der Waals surface area contributed by atoms with Gasteiger partial charge >= 0.3 is 5.97 Å². The van der Waals surface area contributed by atoms with Gasteiger partial charge in [0, 0.05) is 17.5 Å². The fourth-order valence-corrected chi connectivity index (χ4v) is 2.62. The molecule has 1 heterocycles. The third-order valence-corrected chi connectivity index (χ3v) is 3.79. The molecule has 0 aliphatic carbocycles. The molecule has 24 heavy (non-hydrogen) atoms. The monoisotopic (exact) mass is 326 g/mol. The topological polar surface area (TPSA) is 78.8 Å². The van der Waals surface area contributed by atoms with Crippen molar-refractivity contribution in [3.8, 4) is 0 Å². The summed E-state index contributed by atoms with van der Waals surface area (Å²) in [5.41, 5.74) is 1.76. The molecule has 1 amide bonds. The van der Waals surface area contributed by atoms with E-state index < -0.39 is 23.7 Å². The number of halogens is 1. The van der Waals surface area contributed by atoms with E-state index in [0.29, 0.717) is 17.0 Å². The standard InChI is InChI=1S/C18H15FN2O3/c19-13-7-3-1-5-11(13)17-12-6-2-4-8-14(12)21-18(24)15(20-17)9-10-16(22)23/h1-8,15H,9-10H2,(H,21,24)(H,22,23)/t15-/m0/s1.